The lowest BCUT2D eigenvalue weighted by Crippen LogP contribution is -2.29. The van der Waals surface area contributed by atoms with Gasteiger partial charge in [0.05, 0.1) is 12.1 Å². The summed E-state index contributed by atoms with van der Waals surface area (Å²) in [4.78, 5) is 37.3. The Balaban J connectivity index is 1.65. The fraction of sp³-hybridized carbons (Fsp3) is 0.520. The average molecular weight is 471 g/mol. The van der Waals surface area contributed by atoms with Gasteiger partial charge in [-0.2, -0.15) is 5.10 Å². The molecule has 0 unspecified atom stereocenters. The summed E-state index contributed by atoms with van der Waals surface area (Å²) in [5, 5.41) is 9.87. The normalized spacial score (nSPS) is 14.2. The first kappa shape index (κ1) is 25.3. The average Bonchev–Trinajstić information content (AvgIpc) is 3.02. The summed E-state index contributed by atoms with van der Waals surface area (Å²) in [6.07, 6.45) is 2.07. The zero-order chi connectivity index (χ0) is 25.1. The molecule has 1 aliphatic carbocycles. The van der Waals surface area contributed by atoms with Crippen molar-refractivity contribution in [2.75, 3.05) is 10.6 Å². The van der Waals surface area contributed by atoms with Gasteiger partial charge in [0.2, 0.25) is 5.91 Å². The van der Waals surface area contributed by atoms with E-state index < -0.39 is 23.4 Å². The molecule has 0 saturated heterocycles. The van der Waals surface area contributed by atoms with Gasteiger partial charge in [-0.3, -0.25) is 10.1 Å². The largest absolute Gasteiger partial charge is 0.444 e. The number of carbonyl (C=O) groups is 3. The topological polar surface area (TPSA) is 112 Å². The molecule has 0 aliphatic heterocycles. The Kier molecular flexibility index (Phi) is 7.33. The fourth-order valence-electron chi connectivity index (χ4n) is 3.34. The molecule has 1 aromatic carbocycles. The summed E-state index contributed by atoms with van der Waals surface area (Å²) in [7, 11) is 0. The van der Waals surface area contributed by atoms with Crippen LogP contribution in [0.1, 0.15) is 78.0 Å². The second kappa shape index (κ2) is 9.87. The molecule has 1 fully saturated rings. The number of amides is 2. The molecule has 1 aliphatic rings. The van der Waals surface area contributed by atoms with Crippen LogP contribution in [0.15, 0.2) is 30.3 Å². The summed E-state index contributed by atoms with van der Waals surface area (Å²) >= 11 is 0. The summed E-state index contributed by atoms with van der Waals surface area (Å²) in [6, 6.07) is 8.65. The second-order valence-electron chi connectivity index (χ2n) is 10.5. The number of aromatic nitrogens is 2. The summed E-state index contributed by atoms with van der Waals surface area (Å²) < 4.78 is 11.8. The van der Waals surface area contributed by atoms with Gasteiger partial charge in [0.1, 0.15) is 17.0 Å². The van der Waals surface area contributed by atoms with E-state index in [1.165, 1.54) is 0 Å². The smallest absolute Gasteiger partial charge is 0.437 e. The molecule has 34 heavy (non-hydrogen) atoms. The van der Waals surface area contributed by atoms with Gasteiger partial charge in [-0.15, -0.1) is 4.68 Å². The van der Waals surface area contributed by atoms with E-state index in [-0.39, 0.29) is 12.3 Å². The van der Waals surface area contributed by atoms with Crippen molar-refractivity contribution in [1.82, 2.24) is 9.78 Å². The van der Waals surface area contributed by atoms with Gasteiger partial charge in [0.15, 0.2) is 0 Å². The number of carbonyl (C=O) groups excluding carboxylic acids is 3. The fourth-order valence-corrected chi connectivity index (χ4v) is 3.34. The SMILES string of the molecule is CC(C)(C)OC(=O)Nc1ccc(CC(=O)Nc2cc(C3CCC3)nn2C(=O)OC(C)(C)C)cc1. The van der Waals surface area contributed by atoms with E-state index in [2.05, 4.69) is 15.7 Å². The second-order valence-corrected chi connectivity index (χ2v) is 10.5. The van der Waals surface area contributed by atoms with Crippen molar-refractivity contribution in [3.05, 3.63) is 41.6 Å². The lowest BCUT2D eigenvalue weighted by Gasteiger charge is -2.23. The number of benzene rings is 1. The molecule has 2 N–H and O–H groups in total. The van der Waals surface area contributed by atoms with E-state index in [1.807, 2.05) is 0 Å². The summed E-state index contributed by atoms with van der Waals surface area (Å²) in [5.41, 5.74) is 0.814. The third-order valence-corrected chi connectivity index (χ3v) is 5.05. The van der Waals surface area contributed by atoms with E-state index in [1.54, 1.807) is 71.9 Å². The number of hydrogen-bond acceptors (Lipinski definition) is 6. The number of hydrogen-bond donors (Lipinski definition) is 2. The molecule has 0 radical (unpaired) electrons. The molecule has 3 rings (SSSR count). The molecule has 2 aromatic rings. The van der Waals surface area contributed by atoms with Crippen molar-refractivity contribution in [3.63, 3.8) is 0 Å². The molecular weight excluding hydrogens is 436 g/mol. The highest BCUT2D eigenvalue weighted by Gasteiger charge is 2.28. The van der Waals surface area contributed by atoms with E-state index >= 15 is 0 Å². The van der Waals surface area contributed by atoms with Crippen molar-refractivity contribution < 1.29 is 23.9 Å². The first-order chi connectivity index (χ1) is 15.8. The molecule has 9 nitrogen and oxygen atoms in total. The first-order valence-electron chi connectivity index (χ1n) is 11.5. The van der Waals surface area contributed by atoms with E-state index in [9.17, 15) is 14.4 Å². The highest BCUT2D eigenvalue weighted by atomic mass is 16.6. The molecule has 9 heteroatoms. The van der Waals surface area contributed by atoms with Gasteiger partial charge in [-0.1, -0.05) is 18.6 Å². The van der Waals surface area contributed by atoms with Crippen molar-refractivity contribution in [2.45, 2.75) is 84.3 Å². The van der Waals surface area contributed by atoms with Crippen LogP contribution >= 0.6 is 0 Å². The molecule has 0 spiro atoms. The highest BCUT2D eigenvalue weighted by Crippen LogP contribution is 2.36. The molecule has 0 atom stereocenters. The number of anilines is 2. The molecule has 1 saturated carbocycles. The number of ether oxygens (including phenoxy) is 2. The van der Waals surface area contributed by atoms with Gasteiger partial charge < -0.3 is 14.8 Å². The molecule has 0 bridgehead atoms. The number of nitrogens with zero attached hydrogens (tertiary/aromatic N) is 2. The lowest BCUT2D eigenvalue weighted by molar-refractivity contribution is -0.115. The first-order valence-corrected chi connectivity index (χ1v) is 11.5. The van der Waals surface area contributed by atoms with Crippen LogP contribution in [0.5, 0.6) is 0 Å². The Hall–Kier alpha value is -3.36. The standard InChI is InChI=1S/C25H34N4O5/c1-24(2,3)33-22(31)26-18-12-10-16(11-13-18)14-21(30)27-20-15-19(17-8-7-9-17)28-29(20)23(32)34-25(4,5)6/h10-13,15,17H,7-9,14H2,1-6H3,(H,26,31)(H,27,30). The number of nitrogens with one attached hydrogen (secondary N) is 2. The van der Waals surface area contributed by atoms with Crippen LogP contribution in [0.4, 0.5) is 21.1 Å². The molecule has 2 amide bonds. The zero-order valence-corrected chi connectivity index (χ0v) is 20.7. The molecule has 1 heterocycles. The van der Waals surface area contributed by atoms with Crippen LogP contribution in [0.2, 0.25) is 0 Å². The van der Waals surface area contributed by atoms with Gasteiger partial charge in [-0.05, 0) is 72.1 Å². The monoisotopic (exact) mass is 470 g/mol. The Bertz CT molecular complexity index is 1040. The molecular formula is C25H34N4O5. The lowest BCUT2D eigenvalue weighted by atomic mass is 9.83. The van der Waals surface area contributed by atoms with Crippen molar-refractivity contribution in [1.29, 1.82) is 0 Å². The van der Waals surface area contributed by atoms with Crippen LogP contribution in [-0.4, -0.2) is 39.1 Å². The van der Waals surface area contributed by atoms with Crippen molar-refractivity contribution >= 4 is 29.6 Å². The highest BCUT2D eigenvalue weighted by molar-refractivity contribution is 5.93. The molecule has 184 valence electrons. The van der Waals surface area contributed by atoms with Gasteiger partial charge >= 0.3 is 12.2 Å². The van der Waals surface area contributed by atoms with Crippen molar-refractivity contribution in [2.24, 2.45) is 0 Å². The zero-order valence-electron chi connectivity index (χ0n) is 20.7. The van der Waals surface area contributed by atoms with Crippen LogP contribution < -0.4 is 10.6 Å². The number of rotatable bonds is 5. The minimum absolute atomic E-state index is 0.0883. The summed E-state index contributed by atoms with van der Waals surface area (Å²) in [6.45, 7) is 10.7. The minimum atomic E-state index is -0.684. The Morgan fingerprint density at radius 1 is 0.971 bits per heavy atom. The predicted octanol–water partition coefficient (Wildman–Crippen LogP) is 5.46. The van der Waals surface area contributed by atoms with Crippen LogP contribution in [0.25, 0.3) is 0 Å². The van der Waals surface area contributed by atoms with Gasteiger partial charge in [-0.25, -0.2) is 9.59 Å². The van der Waals surface area contributed by atoms with Gasteiger partial charge in [0, 0.05) is 17.7 Å². The third-order valence-electron chi connectivity index (χ3n) is 5.05. The maximum absolute atomic E-state index is 12.7. The van der Waals surface area contributed by atoms with Crippen LogP contribution in [0, 0.1) is 0 Å². The summed E-state index contributed by atoms with van der Waals surface area (Å²) in [5.74, 6) is 0.298. The van der Waals surface area contributed by atoms with Crippen LogP contribution in [0.3, 0.4) is 0 Å². The molecule has 1 aromatic heterocycles. The van der Waals surface area contributed by atoms with Gasteiger partial charge in [0.25, 0.3) is 0 Å². The van der Waals surface area contributed by atoms with Crippen molar-refractivity contribution in [3.8, 4) is 0 Å². The van der Waals surface area contributed by atoms with Crippen LogP contribution in [-0.2, 0) is 20.7 Å². The maximum Gasteiger partial charge on any atom is 0.437 e. The maximum atomic E-state index is 12.7. The quantitative estimate of drug-likeness (QED) is 0.600. The third kappa shape index (κ3) is 7.33. The Morgan fingerprint density at radius 2 is 1.59 bits per heavy atom. The predicted molar refractivity (Wildman–Crippen MR) is 129 cm³/mol. The van der Waals surface area contributed by atoms with E-state index in [0.29, 0.717) is 17.4 Å². The van der Waals surface area contributed by atoms with E-state index in [4.69, 9.17) is 9.47 Å². The Morgan fingerprint density at radius 3 is 2.12 bits per heavy atom. The van der Waals surface area contributed by atoms with E-state index in [0.717, 1.165) is 35.2 Å². The minimum Gasteiger partial charge on any atom is -0.444 e. The Labute approximate surface area is 200 Å².